The quantitative estimate of drug-likeness (QED) is 0.339. The van der Waals surface area contributed by atoms with E-state index >= 15 is 0 Å². The Hall–Kier alpha value is -3.47. The predicted molar refractivity (Wildman–Crippen MR) is 134 cm³/mol. The molecule has 5 heteroatoms. The molecule has 3 heterocycles. The summed E-state index contributed by atoms with van der Waals surface area (Å²) in [6.07, 6.45) is 2.93. The van der Waals surface area contributed by atoms with E-state index in [-0.39, 0.29) is 0 Å². The van der Waals surface area contributed by atoms with Crippen LogP contribution in [-0.4, -0.2) is 26.4 Å². The molecule has 0 unspecified atom stereocenters. The third-order valence-electron chi connectivity index (χ3n) is 6.37. The molecule has 0 fully saturated rings. The van der Waals surface area contributed by atoms with E-state index in [1.807, 2.05) is 36.5 Å². The van der Waals surface area contributed by atoms with Crippen LogP contribution in [0.5, 0.6) is 0 Å². The summed E-state index contributed by atoms with van der Waals surface area (Å²) >= 11 is 6.14. The Morgan fingerprint density at radius 3 is 2.52 bits per heavy atom. The highest BCUT2D eigenvalue weighted by Crippen LogP contribution is 2.33. The number of aromatic nitrogens is 3. The average Bonchev–Trinajstić information content (AvgIpc) is 3.23. The van der Waals surface area contributed by atoms with E-state index in [1.165, 1.54) is 16.5 Å². The number of hydrogen-bond donors (Lipinski definition) is 1. The van der Waals surface area contributed by atoms with Gasteiger partial charge in [0.1, 0.15) is 0 Å². The Bertz CT molecular complexity index is 1420. The minimum atomic E-state index is 0.749. The smallest absolute Gasteiger partial charge is 0.159 e. The van der Waals surface area contributed by atoms with Crippen molar-refractivity contribution in [2.75, 3.05) is 6.54 Å². The monoisotopic (exact) mass is 450 g/mol. The Morgan fingerprint density at radius 2 is 1.67 bits per heavy atom. The largest absolute Gasteiger partial charge is 0.354 e. The van der Waals surface area contributed by atoms with Gasteiger partial charge in [-0.25, -0.2) is 9.97 Å². The van der Waals surface area contributed by atoms with E-state index in [4.69, 9.17) is 16.6 Å². The second-order valence-electron chi connectivity index (χ2n) is 8.52. The van der Waals surface area contributed by atoms with Gasteiger partial charge >= 0.3 is 0 Å². The molecule has 4 nitrogen and oxygen atoms in total. The SMILES string of the molecule is Clc1ccc(-c2[nH]c3ccccc3c2CN2CCc3nc(-c4ccccc4)ncc3C2)cc1. The van der Waals surface area contributed by atoms with Crippen LogP contribution in [-0.2, 0) is 19.5 Å². The van der Waals surface area contributed by atoms with Gasteiger partial charge in [0.25, 0.3) is 0 Å². The van der Waals surface area contributed by atoms with Gasteiger partial charge in [-0.05, 0) is 29.3 Å². The maximum atomic E-state index is 6.14. The van der Waals surface area contributed by atoms with Gasteiger partial charge in [-0.2, -0.15) is 0 Å². The molecule has 0 aliphatic carbocycles. The molecule has 0 amide bonds. The number of fused-ring (bicyclic) bond motifs is 2. The lowest BCUT2D eigenvalue weighted by Gasteiger charge is -2.28. The highest BCUT2D eigenvalue weighted by molar-refractivity contribution is 6.30. The van der Waals surface area contributed by atoms with Crippen LogP contribution in [0.2, 0.25) is 5.02 Å². The number of nitrogens with zero attached hydrogens (tertiary/aromatic N) is 3. The molecule has 3 aromatic carbocycles. The summed E-state index contributed by atoms with van der Waals surface area (Å²) in [5, 5.41) is 2.02. The van der Waals surface area contributed by atoms with Crippen molar-refractivity contribution in [3.05, 3.63) is 107 Å². The maximum absolute atomic E-state index is 6.14. The van der Waals surface area contributed by atoms with E-state index in [0.29, 0.717) is 0 Å². The predicted octanol–water partition coefficient (Wildman–Crippen LogP) is 6.50. The molecule has 6 rings (SSSR count). The molecule has 0 atom stereocenters. The summed E-state index contributed by atoms with van der Waals surface area (Å²) in [6, 6.07) is 26.8. The second-order valence-corrected chi connectivity index (χ2v) is 8.96. The van der Waals surface area contributed by atoms with E-state index in [1.54, 1.807) is 0 Å². The second kappa shape index (κ2) is 8.47. The lowest BCUT2D eigenvalue weighted by Crippen LogP contribution is -2.31. The Morgan fingerprint density at radius 1 is 0.879 bits per heavy atom. The number of hydrogen-bond acceptors (Lipinski definition) is 3. The van der Waals surface area contributed by atoms with Gasteiger partial charge in [0.2, 0.25) is 0 Å². The topological polar surface area (TPSA) is 44.8 Å². The first-order valence-electron chi connectivity index (χ1n) is 11.2. The van der Waals surface area contributed by atoms with Crippen LogP contribution in [0, 0.1) is 0 Å². The summed E-state index contributed by atoms with van der Waals surface area (Å²) in [4.78, 5) is 15.7. The normalized spacial score (nSPS) is 13.8. The van der Waals surface area contributed by atoms with E-state index in [2.05, 4.69) is 63.4 Å². The number of halogens is 1. The van der Waals surface area contributed by atoms with Gasteiger partial charge in [-0.3, -0.25) is 4.90 Å². The Kier molecular flexibility index (Phi) is 5.17. The highest BCUT2D eigenvalue weighted by atomic mass is 35.5. The van der Waals surface area contributed by atoms with Crippen molar-refractivity contribution in [3.8, 4) is 22.6 Å². The zero-order valence-electron chi connectivity index (χ0n) is 18.1. The molecule has 0 saturated carbocycles. The Balaban J connectivity index is 1.31. The molecule has 0 bridgehead atoms. The van der Waals surface area contributed by atoms with E-state index < -0.39 is 0 Å². The van der Waals surface area contributed by atoms with Crippen LogP contribution < -0.4 is 0 Å². The van der Waals surface area contributed by atoms with E-state index in [9.17, 15) is 0 Å². The zero-order valence-corrected chi connectivity index (χ0v) is 18.9. The summed E-state index contributed by atoms with van der Waals surface area (Å²) in [7, 11) is 0. The summed E-state index contributed by atoms with van der Waals surface area (Å²) in [6.45, 7) is 2.68. The van der Waals surface area contributed by atoms with Crippen LogP contribution in [0.15, 0.2) is 85.1 Å². The van der Waals surface area contributed by atoms with Crippen molar-refractivity contribution >= 4 is 22.5 Å². The minimum Gasteiger partial charge on any atom is -0.354 e. The fraction of sp³-hybridized carbons (Fsp3) is 0.143. The molecule has 0 saturated heterocycles. The molecule has 1 N–H and O–H groups in total. The van der Waals surface area contributed by atoms with Gasteiger partial charge in [-0.15, -0.1) is 0 Å². The summed E-state index contributed by atoms with van der Waals surface area (Å²) in [5.41, 5.74) is 8.23. The van der Waals surface area contributed by atoms with Crippen LogP contribution in [0.25, 0.3) is 33.5 Å². The van der Waals surface area contributed by atoms with Crippen LogP contribution in [0.3, 0.4) is 0 Å². The first-order chi connectivity index (χ1) is 16.2. The molecule has 1 aliphatic rings. The first kappa shape index (κ1) is 20.2. The minimum absolute atomic E-state index is 0.749. The van der Waals surface area contributed by atoms with Crippen molar-refractivity contribution in [2.24, 2.45) is 0 Å². The number of rotatable bonds is 4. The van der Waals surface area contributed by atoms with Gasteiger partial charge in [0.05, 0.1) is 11.4 Å². The van der Waals surface area contributed by atoms with Crippen molar-refractivity contribution in [2.45, 2.75) is 19.5 Å². The molecular formula is C28H23ClN4. The highest BCUT2D eigenvalue weighted by Gasteiger charge is 2.22. The summed E-state index contributed by atoms with van der Waals surface area (Å²) in [5.74, 6) is 0.810. The van der Waals surface area contributed by atoms with E-state index in [0.717, 1.165) is 64.9 Å². The van der Waals surface area contributed by atoms with Gasteiger partial charge in [-0.1, -0.05) is 72.3 Å². The third kappa shape index (κ3) is 3.92. The first-order valence-corrected chi connectivity index (χ1v) is 11.6. The van der Waals surface area contributed by atoms with Crippen molar-refractivity contribution < 1.29 is 0 Å². The number of nitrogens with one attached hydrogen (secondary N) is 1. The number of H-pyrrole nitrogens is 1. The third-order valence-corrected chi connectivity index (χ3v) is 6.63. The molecule has 33 heavy (non-hydrogen) atoms. The van der Waals surface area contributed by atoms with Crippen LogP contribution in [0.4, 0.5) is 0 Å². The molecule has 0 radical (unpaired) electrons. The number of para-hydroxylation sites is 1. The van der Waals surface area contributed by atoms with Gasteiger partial charge in [0, 0.05) is 59.3 Å². The fourth-order valence-corrected chi connectivity index (χ4v) is 4.81. The van der Waals surface area contributed by atoms with Gasteiger partial charge < -0.3 is 4.98 Å². The van der Waals surface area contributed by atoms with Crippen LogP contribution >= 0.6 is 11.6 Å². The molecule has 0 spiro atoms. The molecule has 1 aliphatic heterocycles. The number of aromatic amines is 1. The zero-order chi connectivity index (χ0) is 22.2. The maximum Gasteiger partial charge on any atom is 0.159 e. The van der Waals surface area contributed by atoms with Gasteiger partial charge in [0.15, 0.2) is 5.82 Å². The van der Waals surface area contributed by atoms with Crippen molar-refractivity contribution in [1.82, 2.24) is 19.9 Å². The molecule has 5 aromatic rings. The standard InChI is InChI=1S/C28H23ClN4/c29-22-12-10-19(11-13-22)27-24(23-8-4-5-9-26(23)31-27)18-33-15-14-25-21(17-33)16-30-28(32-25)20-6-2-1-3-7-20/h1-13,16,31H,14-15,17-18H2. The molecular weight excluding hydrogens is 428 g/mol. The molecule has 162 valence electrons. The van der Waals surface area contributed by atoms with Crippen molar-refractivity contribution in [1.29, 1.82) is 0 Å². The molecule has 2 aromatic heterocycles. The Labute approximate surface area is 197 Å². The fourth-order valence-electron chi connectivity index (χ4n) is 4.69. The lowest BCUT2D eigenvalue weighted by atomic mass is 10.0. The summed E-state index contributed by atoms with van der Waals surface area (Å²) < 4.78 is 0. The lowest BCUT2D eigenvalue weighted by molar-refractivity contribution is 0.244. The number of benzene rings is 3. The van der Waals surface area contributed by atoms with Crippen LogP contribution in [0.1, 0.15) is 16.8 Å². The van der Waals surface area contributed by atoms with Crippen molar-refractivity contribution in [3.63, 3.8) is 0 Å². The average molecular weight is 451 g/mol.